The number of nitrogens with zero attached hydrogens (tertiary/aromatic N) is 2. The van der Waals surface area contributed by atoms with E-state index in [9.17, 15) is 13.2 Å². The lowest BCUT2D eigenvalue weighted by atomic mass is 10.1. The van der Waals surface area contributed by atoms with Gasteiger partial charge in [0.25, 0.3) is 10.0 Å². The summed E-state index contributed by atoms with van der Waals surface area (Å²) in [6.45, 7) is 4.79. The molecule has 1 aromatic carbocycles. The number of likely N-dealkylation sites (tertiary alicyclic amines) is 1. The second-order valence-corrected chi connectivity index (χ2v) is 9.16. The molecule has 1 fully saturated rings. The van der Waals surface area contributed by atoms with E-state index < -0.39 is 16.1 Å². The molecule has 0 bridgehead atoms. The molecule has 25 heavy (non-hydrogen) atoms. The Kier molecular flexibility index (Phi) is 4.82. The smallest absolute Gasteiger partial charge is 0.250 e. The Morgan fingerprint density at radius 3 is 2.88 bits per heavy atom. The number of amides is 1. The predicted molar refractivity (Wildman–Crippen MR) is 96.9 cm³/mol. The van der Waals surface area contributed by atoms with Crippen LogP contribution < -0.4 is 4.72 Å². The number of carbonyl (C=O) groups excluding carboxylic acids is 1. The van der Waals surface area contributed by atoms with E-state index in [0.29, 0.717) is 24.2 Å². The minimum atomic E-state index is -3.71. The van der Waals surface area contributed by atoms with Gasteiger partial charge in [-0.25, -0.2) is 13.1 Å². The van der Waals surface area contributed by atoms with Crippen molar-refractivity contribution in [2.75, 3.05) is 13.1 Å². The third-order valence-electron chi connectivity index (χ3n) is 4.30. The topological polar surface area (TPSA) is 90.3 Å². The van der Waals surface area contributed by atoms with Gasteiger partial charge in [0, 0.05) is 30.3 Å². The van der Waals surface area contributed by atoms with Crippen LogP contribution in [0.2, 0.25) is 0 Å². The lowest BCUT2D eigenvalue weighted by molar-refractivity contribution is -0.127. The molecule has 0 spiro atoms. The maximum Gasteiger partial charge on any atom is 0.250 e. The van der Waals surface area contributed by atoms with Crippen LogP contribution in [0.15, 0.2) is 22.4 Å². The fourth-order valence-corrected chi connectivity index (χ4v) is 6.12. The van der Waals surface area contributed by atoms with Gasteiger partial charge >= 0.3 is 0 Å². The third kappa shape index (κ3) is 3.40. The molecular weight excluding hydrogens is 358 g/mol. The van der Waals surface area contributed by atoms with Crippen molar-refractivity contribution in [1.82, 2.24) is 9.62 Å². The first kappa shape index (κ1) is 17.9. The Bertz CT molecular complexity index is 973. The largest absolute Gasteiger partial charge is 0.341 e. The van der Waals surface area contributed by atoms with Crippen LogP contribution >= 0.6 is 11.3 Å². The van der Waals surface area contributed by atoms with Crippen LogP contribution in [-0.4, -0.2) is 38.4 Å². The van der Waals surface area contributed by atoms with Crippen molar-refractivity contribution in [2.24, 2.45) is 0 Å². The molecule has 8 heteroatoms. The maximum absolute atomic E-state index is 12.8. The minimum Gasteiger partial charge on any atom is -0.341 e. The highest BCUT2D eigenvalue weighted by Gasteiger charge is 2.33. The molecule has 6 nitrogen and oxygen atoms in total. The second kappa shape index (κ2) is 6.75. The van der Waals surface area contributed by atoms with Gasteiger partial charge in [-0.15, -0.1) is 11.3 Å². The van der Waals surface area contributed by atoms with E-state index in [1.165, 1.54) is 11.3 Å². The van der Waals surface area contributed by atoms with Crippen LogP contribution in [0.1, 0.15) is 30.9 Å². The molecular formula is C17H19N3O3S2. The quantitative estimate of drug-likeness (QED) is 0.866. The van der Waals surface area contributed by atoms with Gasteiger partial charge in [-0.1, -0.05) is 6.92 Å². The molecule has 0 saturated carbocycles. The Morgan fingerprint density at radius 2 is 2.20 bits per heavy atom. The summed E-state index contributed by atoms with van der Waals surface area (Å²) in [4.78, 5) is 13.6. The summed E-state index contributed by atoms with van der Waals surface area (Å²) < 4.78 is 29.4. The van der Waals surface area contributed by atoms with E-state index in [4.69, 9.17) is 5.26 Å². The number of benzene rings is 1. The first-order chi connectivity index (χ1) is 11.9. The van der Waals surface area contributed by atoms with Gasteiger partial charge in [0.2, 0.25) is 5.91 Å². The number of nitrogens with one attached hydrogen (secondary N) is 1. The maximum atomic E-state index is 12.8. The van der Waals surface area contributed by atoms with Crippen molar-refractivity contribution in [2.45, 2.75) is 36.9 Å². The summed E-state index contributed by atoms with van der Waals surface area (Å²) in [5.41, 5.74) is 1.14. The minimum absolute atomic E-state index is 0.0127. The Labute approximate surface area is 151 Å². The van der Waals surface area contributed by atoms with Gasteiger partial charge in [-0.05, 0) is 42.5 Å². The van der Waals surface area contributed by atoms with E-state index in [2.05, 4.69) is 10.8 Å². The molecule has 2 heterocycles. The number of hydrogen-bond donors (Lipinski definition) is 1. The lowest BCUT2D eigenvalue weighted by Gasteiger charge is -2.16. The van der Waals surface area contributed by atoms with Crippen LogP contribution in [0.3, 0.4) is 0 Å². The number of thiophene rings is 1. The average molecular weight is 377 g/mol. The van der Waals surface area contributed by atoms with Crippen molar-refractivity contribution in [3.05, 3.63) is 29.3 Å². The average Bonchev–Trinajstić information content (AvgIpc) is 3.08. The molecule has 3 rings (SSSR count). The van der Waals surface area contributed by atoms with Crippen LogP contribution in [-0.2, 0) is 14.8 Å². The summed E-state index contributed by atoms with van der Waals surface area (Å²) in [6.07, 6.45) is 1.05. The molecule has 1 aromatic heterocycles. The fraction of sp³-hybridized carbons (Fsp3) is 0.412. The molecule has 132 valence electrons. The lowest BCUT2D eigenvalue weighted by Crippen LogP contribution is -2.37. The van der Waals surface area contributed by atoms with Crippen LogP contribution in [0, 0.1) is 18.3 Å². The number of fused-ring (bicyclic) bond motifs is 1. The fourth-order valence-electron chi connectivity index (χ4n) is 3.13. The van der Waals surface area contributed by atoms with Gasteiger partial charge in [0.05, 0.1) is 11.6 Å². The number of sulfonamides is 1. The highest BCUT2D eigenvalue weighted by Crippen LogP contribution is 2.34. The molecule has 0 radical (unpaired) electrons. The first-order valence-corrected chi connectivity index (χ1v) is 10.4. The number of carbonyl (C=O) groups is 1. The summed E-state index contributed by atoms with van der Waals surface area (Å²) in [5.74, 6) is -0.0127. The zero-order chi connectivity index (χ0) is 18.2. The molecule has 0 aliphatic carbocycles. The SMILES string of the molecule is CCCN1C[C@H](NS(=O)(=O)c2sc3ccc(C#N)cc3c2C)CC1=O. The summed E-state index contributed by atoms with van der Waals surface area (Å²) in [6, 6.07) is 6.83. The molecule has 1 amide bonds. The van der Waals surface area contributed by atoms with E-state index in [1.807, 2.05) is 6.92 Å². The van der Waals surface area contributed by atoms with Crippen LogP contribution in [0.4, 0.5) is 0 Å². The molecule has 1 aliphatic rings. The van der Waals surface area contributed by atoms with Crippen molar-refractivity contribution in [3.8, 4) is 6.07 Å². The van der Waals surface area contributed by atoms with Gasteiger partial charge in [0.1, 0.15) is 4.21 Å². The first-order valence-electron chi connectivity index (χ1n) is 8.09. The van der Waals surface area contributed by atoms with Crippen molar-refractivity contribution in [1.29, 1.82) is 5.26 Å². The number of hydrogen-bond acceptors (Lipinski definition) is 5. The molecule has 1 saturated heterocycles. The van der Waals surface area contributed by atoms with E-state index in [-0.39, 0.29) is 16.5 Å². The van der Waals surface area contributed by atoms with Gasteiger partial charge in [-0.3, -0.25) is 4.79 Å². The van der Waals surface area contributed by atoms with Crippen LogP contribution in [0.25, 0.3) is 10.1 Å². The van der Waals surface area contributed by atoms with Gasteiger partial charge in [0.15, 0.2) is 0 Å². The number of rotatable bonds is 5. The predicted octanol–water partition coefficient (Wildman–Crippen LogP) is 2.37. The molecule has 1 atom stereocenters. The zero-order valence-corrected chi connectivity index (χ0v) is 15.7. The Morgan fingerprint density at radius 1 is 1.44 bits per heavy atom. The Balaban J connectivity index is 1.88. The highest BCUT2D eigenvalue weighted by molar-refractivity contribution is 7.91. The number of nitriles is 1. The third-order valence-corrected chi connectivity index (χ3v) is 7.71. The van der Waals surface area contributed by atoms with Gasteiger partial charge < -0.3 is 4.90 Å². The Hall–Kier alpha value is -1.95. The van der Waals surface area contributed by atoms with E-state index in [1.54, 1.807) is 30.0 Å². The zero-order valence-electron chi connectivity index (χ0n) is 14.1. The highest BCUT2D eigenvalue weighted by atomic mass is 32.2. The van der Waals surface area contributed by atoms with Gasteiger partial charge in [-0.2, -0.15) is 5.26 Å². The van der Waals surface area contributed by atoms with Crippen molar-refractivity contribution in [3.63, 3.8) is 0 Å². The molecule has 1 N–H and O–H groups in total. The second-order valence-electron chi connectivity index (χ2n) is 6.20. The molecule has 0 unspecified atom stereocenters. The monoisotopic (exact) mass is 377 g/mol. The van der Waals surface area contributed by atoms with E-state index >= 15 is 0 Å². The normalized spacial score (nSPS) is 18.0. The van der Waals surface area contributed by atoms with E-state index in [0.717, 1.165) is 16.5 Å². The van der Waals surface area contributed by atoms with Crippen LogP contribution in [0.5, 0.6) is 0 Å². The summed E-state index contributed by atoms with van der Waals surface area (Å²) in [5, 5.41) is 9.80. The van der Waals surface area contributed by atoms with Crippen molar-refractivity contribution >= 4 is 37.4 Å². The summed E-state index contributed by atoms with van der Waals surface area (Å²) >= 11 is 1.19. The van der Waals surface area contributed by atoms with Crippen molar-refractivity contribution < 1.29 is 13.2 Å². The molecule has 1 aliphatic heterocycles. The standard InChI is InChI=1S/C17H19N3O3S2/c1-3-6-20-10-13(8-16(20)21)19-25(22,23)17-11(2)14-7-12(9-18)4-5-15(14)24-17/h4-5,7,13,19H,3,6,8,10H2,1-2H3/t13-/m1/s1. The molecule has 2 aromatic rings. The summed E-state index contributed by atoms with van der Waals surface area (Å²) in [7, 11) is -3.71. The number of aryl methyl sites for hydroxylation is 1.